The summed E-state index contributed by atoms with van der Waals surface area (Å²) in [5, 5.41) is 7.00. The second-order valence-electron chi connectivity index (χ2n) is 6.43. The molecule has 0 radical (unpaired) electrons. The fourth-order valence-corrected chi connectivity index (χ4v) is 2.67. The molecule has 2 aromatic carbocycles. The van der Waals surface area contributed by atoms with Crippen LogP contribution in [0.5, 0.6) is 0 Å². The summed E-state index contributed by atoms with van der Waals surface area (Å²) in [6.45, 7) is 0. The van der Waals surface area contributed by atoms with Gasteiger partial charge in [-0.15, -0.1) is 0 Å². The highest BCUT2D eigenvalue weighted by Gasteiger charge is 2.00. The maximum Gasteiger partial charge on any atom is 0.185 e. The lowest BCUT2D eigenvalue weighted by molar-refractivity contribution is 0.109. The third-order valence-electron chi connectivity index (χ3n) is 4.20. The highest BCUT2D eigenvalue weighted by Crippen LogP contribution is 2.10. The van der Waals surface area contributed by atoms with Crippen LogP contribution in [-0.2, 0) is 12.8 Å². The molecule has 0 aliphatic rings. The van der Waals surface area contributed by atoms with Gasteiger partial charge in [-0.1, -0.05) is 60.4 Å². The predicted molar refractivity (Wildman–Crippen MR) is 123 cm³/mol. The second kappa shape index (κ2) is 14.0. The molecule has 0 saturated carbocycles. The van der Waals surface area contributed by atoms with E-state index < -0.39 is 0 Å². The Labute approximate surface area is 187 Å². The second-order valence-corrected chi connectivity index (χ2v) is 6.43. The third-order valence-corrected chi connectivity index (χ3v) is 4.20. The van der Waals surface area contributed by atoms with E-state index in [1.165, 1.54) is 11.8 Å². The Hall–Kier alpha value is -4.14. The number of hydrogen-bond donors (Lipinski definition) is 1. The summed E-state index contributed by atoms with van der Waals surface area (Å²) in [5.41, 5.74) is 4.01. The van der Waals surface area contributed by atoms with Crippen LogP contribution >= 0.6 is 0 Å². The molecule has 2 aromatic heterocycles. The van der Waals surface area contributed by atoms with Crippen molar-refractivity contribution in [1.29, 1.82) is 0 Å². The molecule has 0 saturated heterocycles. The smallest absolute Gasteiger partial charge is 0.185 e. The summed E-state index contributed by atoms with van der Waals surface area (Å²) in [6.07, 6.45) is 6.38. The number of benzene rings is 2. The molecule has 0 unspecified atom stereocenters. The summed E-state index contributed by atoms with van der Waals surface area (Å²) in [4.78, 5) is 20.8. The monoisotopic (exact) mass is 428 g/mol. The first-order valence-corrected chi connectivity index (χ1v) is 9.89. The van der Waals surface area contributed by atoms with E-state index in [4.69, 9.17) is 13.9 Å². The molecule has 5 nitrogen and oxygen atoms in total. The van der Waals surface area contributed by atoms with Crippen LogP contribution in [0.3, 0.4) is 0 Å². The van der Waals surface area contributed by atoms with Crippen LogP contribution in [0.15, 0.2) is 94.2 Å². The van der Waals surface area contributed by atoms with Crippen molar-refractivity contribution in [3.05, 3.63) is 119 Å². The molecule has 0 atom stereocenters. The number of carbonyl (C=O) groups excluding carboxylic acids is 2. The number of aliphatic hydroxyl groups is 1. The van der Waals surface area contributed by atoms with Gasteiger partial charge < -0.3 is 13.9 Å². The molecule has 0 fully saturated rings. The van der Waals surface area contributed by atoms with E-state index in [0.29, 0.717) is 23.4 Å². The van der Waals surface area contributed by atoms with Crippen molar-refractivity contribution in [2.45, 2.75) is 12.8 Å². The minimum absolute atomic E-state index is 0.298. The maximum absolute atomic E-state index is 10.4. The largest absolute Gasteiger partial charge is 0.461 e. The van der Waals surface area contributed by atoms with E-state index >= 15 is 0 Å². The SMILES string of the molecule is CO.O=Cc1cc(C#Cc2ccccc2)co1.O=Cc1cc(CCc2ccccc2)co1. The number of aryl methyl sites for hydroxylation is 2. The normalized spacial score (nSPS) is 9.19. The Bertz CT molecular complexity index is 1130. The van der Waals surface area contributed by atoms with Gasteiger partial charge in [0.25, 0.3) is 0 Å². The quantitative estimate of drug-likeness (QED) is 0.358. The van der Waals surface area contributed by atoms with Gasteiger partial charge in [0, 0.05) is 18.7 Å². The zero-order valence-electron chi connectivity index (χ0n) is 17.7. The number of carbonyl (C=O) groups is 2. The van der Waals surface area contributed by atoms with Crippen LogP contribution in [0, 0.1) is 11.8 Å². The average Bonchev–Trinajstić information content (AvgIpc) is 3.54. The fourth-order valence-electron chi connectivity index (χ4n) is 2.67. The Morgan fingerprint density at radius 2 is 1.22 bits per heavy atom. The van der Waals surface area contributed by atoms with Crippen LogP contribution in [0.2, 0.25) is 0 Å². The van der Waals surface area contributed by atoms with Gasteiger partial charge in [-0.2, -0.15) is 0 Å². The molecule has 4 rings (SSSR count). The first-order valence-electron chi connectivity index (χ1n) is 9.89. The Balaban J connectivity index is 0.000000211. The first-order chi connectivity index (χ1) is 15.8. The van der Waals surface area contributed by atoms with E-state index in [-0.39, 0.29) is 0 Å². The Kier molecular flexibility index (Phi) is 10.5. The molecule has 0 amide bonds. The van der Waals surface area contributed by atoms with Crippen LogP contribution < -0.4 is 0 Å². The van der Waals surface area contributed by atoms with Crippen molar-refractivity contribution in [1.82, 2.24) is 0 Å². The predicted octanol–water partition coefficient (Wildman–Crippen LogP) is 4.98. The molecule has 1 N–H and O–H groups in total. The molecule has 5 heteroatoms. The van der Waals surface area contributed by atoms with Crippen molar-refractivity contribution >= 4 is 12.6 Å². The maximum atomic E-state index is 10.4. The van der Waals surface area contributed by atoms with Gasteiger partial charge in [0.15, 0.2) is 24.1 Å². The molecular weight excluding hydrogens is 404 g/mol. The number of hydrogen-bond acceptors (Lipinski definition) is 5. The summed E-state index contributed by atoms with van der Waals surface area (Å²) in [7, 11) is 1.00. The molecule has 0 aliphatic carbocycles. The van der Waals surface area contributed by atoms with Crippen molar-refractivity contribution in [2.24, 2.45) is 0 Å². The van der Waals surface area contributed by atoms with Gasteiger partial charge in [0.05, 0.1) is 11.8 Å². The third kappa shape index (κ3) is 8.31. The number of rotatable bonds is 5. The number of aldehydes is 2. The van der Waals surface area contributed by atoms with Crippen molar-refractivity contribution in [3.63, 3.8) is 0 Å². The highest BCUT2D eigenvalue weighted by molar-refractivity contribution is 5.71. The van der Waals surface area contributed by atoms with Gasteiger partial charge in [-0.25, -0.2) is 0 Å². The Morgan fingerprint density at radius 3 is 1.81 bits per heavy atom. The lowest BCUT2D eigenvalue weighted by atomic mass is 10.1. The minimum atomic E-state index is 0.298. The van der Waals surface area contributed by atoms with E-state index in [0.717, 1.165) is 37.4 Å². The highest BCUT2D eigenvalue weighted by atomic mass is 16.3. The van der Waals surface area contributed by atoms with E-state index in [1.54, 1.807) is 18.4 Å². The van der Waals surface area contributed by atoms with Crippen molar-refractivity contribution < 1.29 is 23.5 Å². The fraction of sp³-hybridized carbons (Fsp3) is 0.111. The molecule has 32 heavy (non-hydrogen) atoms. The lowest BCUT2D eigenvalue weighted by Crippen LogP contribution is -1.88. The summed E-state index contributed by atoms with van der Waals surface area (Å²) in [5.74, 6) is 6.58. The van der Waals surface area contributed by atoms with Crippen molar-refractivity contribution in [2.75, 3.05) is 7.11 Å². The van der Waals surface area contributed by atoms with E-state index in [2.05, 4.69) is 24.0 Å². The summed E-state index contributed by atoms with van der Waals surface area (Å²) < 4.78 is 9.97. The topological polar surface area (TPSA) is 80.6 Å². The molecule has 2 heterocycles. The number of furan rings is 2. The number of aliphatic hydroxyl groups excluding tert-OH is 1. The van der Waals surface area contributed by atoms with Crippen LogP contribution in [-0.4, -0.2) is 24.8 Å². The molecule has 0 bridgehead atoms. The molecular formula is C27H24O5. The van der Waals surface area contributed by atoms with Gasteiger partial charge in [-0.3, -0.25) is 9.59 Å². The summed E-state index contributed by atoms with van der Waals surface area (Å²) >= 11 is 0. The van der Waals surface area contributed by atoms with Crippen LogP contribution in [0.25, 0.3) is 0 Å². The zero-order valence-corrected chi connectivity index (χ0v) is 17.7. The molecule has 4 aromatic rings. The lowest BCUT2D eigenvalue weighted by Gasteiger charge is -1.97. The molecule has 0 spiro atoms. The van der Waals surface area contributed by atoms with Gasteiger partial charge >= 0.3 is 0 Å². The first kappa shape index (κ1) is 24.1. The molecule has 0 aliphatic heterocycles. The molecule has 162 valence electrons. The average molecular weight is 428 g/mol. The van der Waals surface area contributed by atoms with Crippen molar-refractivity contribution in [3.8, 4) is 11.8 Å². The standard InChI is InChI=1S/C13H12O2.C13H8O2.CH4O/c2*14-9-13-8-12(10-15-13)7-6-11-4-2-1-3-5-11;1-2/h1-5,8-10H,6-7H2;1-5,8-10H;2H,1H3. The zero-order chi connectivity index (χ0) is 23.0. The van der Waals surface area contributed by atoms with Gasteiger partial charge in [-0.05, 0) is 42.2 Å². The summed E-state index contributed by atoms with van der Waals surface area (Å²) in [6, 6.07) is 23.3. The van der Waals surface area contributed by atoms with E-state index in [9.17, 15) is 9.59 Å². The minimum Gasteiger partial charge on any atom is -0.461 e. The van der Waals surface area contributed by atoms with Crippen LogP contribution in [0.4, 0.5) is 0 Å². The van der Waals surface area contributed by atoms with Crippen LogP contribution in [0.1, 0.15) is 43.4 Å². The van der Waals surface area contributed by atoms with Gasteiger partial charge in [0.1, 0.15) is 6.26 Å². The van der Waals surface area contributed by atoms with Gasteiger partial charge in [0.2, 0.25) is 0 Å². The Morgan fingerprint density at radius 1 is 0.688 bits per heavy atom. The van der Waals surface area contributed by atoms with E-state index in [1.807, 2.05) is 48.5 Å².